The first kappa shape index (κ1) is 15.1. The summed E-state index contributed by atoms with van der Waals surface area (Å²) < 4.78 is 9.82. The lowest BCUT2D eigenvalue weighted by molar-refractivity contribution is -0.119. The molecule has 1 amide bonds. The highest BCUT2D eigenvalue weighted by molar-refractivity contribution is 6.42. The van der Waals surface area contributed by atoms with Crippen molar-refractivity contribution in [1.29, 1.82) is 0 Å². The van der Waals surface area contributed by atoms with E-state index in [2.05, 4.69) is 10.1 Å². The smallest absolute Gasteiger partial charge is 0.340 e. The minimum absolute atomic E-state index is 0.161. The number of nitrogens with one attached hydrogen (secondary N) is 1. The Labute approximate surface area is 126 Å². The van der Waals surface area contributed by atoms with E-state index in [9.17, 15) is 9.59 Å². The van der Waals surface area contributed by atoms with Crippen LogP contribution in [0.1, 0.15) is 16.8 Å². The Balaban J connectivity index is 2.27. The zero-order valence-electron chi connectivity index (χ0n) is 10.7. The topological polar surface area (TPSA) is 64.6 Å². The molecule has 20 heavy (non-hydrogen) atoms. The van der Waals surface area contributed by atoms with Crippen LogP contribution in [0.25, 0.3) is 0 Å². The third kappa shape index (κ3) is 3.23. The third-order valence-electron chi connectivity index (χ3n) is 3.02. The Bertz CT molecular complexity index is 541. The van der Waals surface area contributed by atoms with Gasteiger partial charge in [0.25, 0.3) is 0 Å². The second kappa shape index (κ2) is 6.43. The van der Waals surface area contributed by atoms with Gasteiger partial charge in [-0.25, -0.2) is 4.79 Å². The molecule has 0 bridgehead atoms. The first-order chi connectivity index (χ1) is 9.52. The molecule has 0 unspecified atom stereocenters. The highest BCUT2D eigenvalue weighted by Crippen LogP contribution is 2.30. The summed E-state index contributed by atoms with van der Waals surface area (Å²) in [6.07, 6.45) is 0.653. The molecular weight excluding hydrogens is 305 g/mol. The number of anilines is 1. The normalized spacial score (nSPS) is 17.9. The van der Waals surface area contributed by atoms with Crippen LogP contribution in [-0.2, 0) is 14.3 Å². The first-order valence-electron chi connectivity index (χ1n) is 5.99. The standard InChI is InChI=1S/C13H13Cl2NO4/c1-19-13(18)8-4-9(14)10(15)5-11(8)16-12(17)7-2-3-20-6-7/h4-5,7H,2-3,6H2,1H3,(H,16,17)/t7-/m1/s1. The molecule has 0 aliphatic carbocycles. The maximum Gasteiger partial charge on any atom is 0.340 e. The Kier molecular flexibility index (Phi) is 4.86. The van der Waals surface area contributed by atoms with Crippen LogP contribution in [0.2, 0.25) is 10.0 Å². The number of methoxy groups -OCH3 is 1. The largest absolute Gasteiger partial charge is 0.465 e. The van der Waals surface area contributed by atoms with Crippen molar-refractivity contribution in [1.82, 2.24) is 0 Å². The number of ether oxygens (including phenoxy) is 2. The van der Waals surface area contributed by atoms with Crippen LogP contribution in [0.4, 0.5) is 5.69 Å². The average Bonchev–Trinajstić information content (AvgIpc) is 2.95. The van der Waals surface area contributed by atoms with Crippen LogP contribution >= 0.6 is 23.2 Å². The van der Waals surface area contributed by atoms with E-state index < -0.39 is 5.97 Å². The SMILES string of the molecule is COC(=O)c1cc(Cl)c(Cl)cc1NC(=O)[C@@H]1CCOC1. The summed E-state index contributed by atoms with van der Waals surface area (Å²) >= 11 is 11.8. The summed E-state index contributed by atoms with van der Waals surface area (Å²) in [6, 6.07) is 2.81. The average molecular weight is 318 g/mol. The molecule has 1 atom stereocenters. The van der Waals surface area contributed by atoms with Crippen LogP contribution in [0, 0.1) is 5.92 Å². The van der Waals surface area contributed by atoms with Gasteiger partial charge in [0.1, 0.15) is 0 Å². The van der Waals surface area contributed by atoms with E-state index in [0.29, 0.717) is 19.6 Å². The second-order valence-corrected chi connectivity index (χ2v) is 5.17. The van der Waals surface area contributed by atoms with Crippen LogP contribution < -0.4 is 5.32 Å². The van der Waals surface area contributed by atoms with Gasteiger partial charge in [0, 0.05) is 6.61 Å². The van der Waals surface area contributed by atoms with E-state index in [1.165, 1.54) is 19.2 Å². The lowest BCUT2D eigenvalue weighted by Crippen LogP contribution is -2.24. The van der Waals surface area contributed by atoms with Crippen molar-refractivity contribution < 1.29 is 19.1 Å². The van der Waals surface area contributed by atoms with Gasteiger partial charge in [-0.05, 0) is 18.6 Å². The lowest BCUT2D eigenvalue weighted by atomic mass is 10.1. The fourth-order valence-corrected chi connectivity index (χ4v) is 2.23. The van der Waals surface area contributed by atoms with Gasteiger partial charge in [-0.15, -0.1) is 0 Å². The maximum atomic E-state index is 12.1. The summed E-state index contributed by atoms with van der Waals surface area (Å²) in [7, 11) is 1.25. The molecule has 7 heteroatoms. The molecule has 1 heterocycles. The third-order valence-corrected chi connectivity index (χ3v) is 3.75. The Morgan fingerprint density at radius 3 is 2.65 bits per heavy atom. The van der Waals surface area contributed by atoms with Gasteiger partial charge in [-0.1, -0.05) is 23.2 Å². The summed E-state index contributed by atoms with van der Waals surface area (Å²) in [5.41, 5.74) is 0.442. The molecule has 0 aromatic heterocycles. The molecule has 1 aromatic carbocycles. The quantitative estimate of drug-likeness (QED) is 0.871. The molecule has 1 aromatic rings. The fourth-order valence-electron chi connectivity index (χ4n) is 1.91. The molecule has 1 fully saturated rings. The molecule has 108 valence electrons. The minimum Gasteiger partial charge on any atom is -0.465 e. The second-order valence-electron chi connectivity index (χ2n) is 4.35. The number of hydrogen-bond acceptors (Lipinski definition) is 4. The van der Waals surface area contributed by atoms with Crippen molar-refractivity contribution in [3.63, 3.8) is 0 Å². The number of rotatable bonds is 3. The molecule has 2 rings (SSSR count). The molecule has 0 radical (unpaired) electrons. The van der Waals surface area contributed by atoms with Crippen molar-refractivity contribution >= 4 is 40.8 Å². The molecule has 1 saturated heterocycles. The number of carbonyl (C=O) groups is 2. The van der Waals surface area contributed by atoms with Crippen LogP contribution in [-0.4, -0.2) is 32.2 Å². The number of hydrogen-bond donors (Lipinski definition) is 1. The fraction of sp³-hybridized carbons (Fsp3) is 0.385. The predicted octanol–water partition coefficient (Wildman–Crippen LogP) is 2.76. The van der Waals surface area contributed by atoms with E-state index in [1.807, 2.05) is 0 Å². The maximum absolute atomic E-state index is 12.1. The number of halogens is 2. The van der Waals surface area contributed by atoms with Gasteiger partial charge in [-0.2, -0.15) is 0 Å². The monoisotopic (exact) mass is 317 g/mol. The van der Waals surface area contributed by atoms with Crippen LogP contribution in [0.15, 0.2) is 12.1 Å². The van der Waals surface area contributed by atoms with E-state index in [0.717, 1.165) is 0 Å². The van der Waals surface area contributed by atoms with Crippen molar-refractivity contribution in [2.75, 3.05) is 25.6 Å². The van der Waals surface area contributed by atoms with E-state index in [-0.39, 0.29) is 33.1 Å². The molecule has 5 nitrogen and oxygen atoms in total. The van der Waals surface area contributed by atoms with Gasteiger partial charge >= 0.3 is 5.97 Å². The van der Waals surface area contributed by atoms with Crippen molar-refractivity contribution in [2.45, 2.75) is 6.42 Å². The summed E-state index contributed by atoms with van der Waals surface area (Å²) in [5.74, 6) is -1.04. The summed E-state index contributed by atoms with van der Waals surface area (Å²) in [4.78, 5) is 23.8. The van der Waals surface area contributed by atoms with Gasteiger partial charge in [0.05, 0.1) is 40.9 Å². The zero-order valence-corrected chi connectivity index (χ0v) is 12.3. The van der Waals surface area contributed by atoms with Crippen molar-refractivity contribution in [3.05, 3.63) is 27.7 Å². The number of carbonyl (C=O) groups excluding carboxylic acids is 2. The van der Waals surface area contributed by atoms with Gasteiger partial charge in [-0.3, -0.25) is 4.79 Å². The molecule has 1 aliphatic heterocycles. The summed E-state index contributed by atoms with van der Waals surface area (Å²) in [5, 5.41) is 3.14. The van der Waals surface area contributed by atoms with Gasteiger partial charge in [0.2, 0.25) is 5.91 Å². The van der Waals surface area contributed by atoms with E-state index >= 15 is 0 Å². The number of esters is 1. The highest BCUT2D eigenvalue weighted by atomic mass is 35.5. The highest BCUT2D eigenvalue weighted by Gasteiger charge is 2.25. The molecular formula is C13H13Cl2NO4. The van der Waals surface area contributed by atoms with Crippen molar-refractivity contribution in [3.8, 4) is 0 Å². The van der Waals surface area contributed by atoms with Gasteiger partial charge in [0.15, 0.2) is 0 Å². The number of benzene rings is 1. The van der Waals surface area contributed by atoms with E-state index in [4.69, 9.17) is 27.9 Å². The molecule has 1 aliphatic rings. The zero-order chi connectivity index (χ0) is 14.7. The Morgan fingerprint density at radius 1 is 1.35 bits per heavy atom. The van der Waals surface area contributed by atoms with E-state index in [1.54, 1.807) is 0 Å². The first-order valence-corrected chi connectivity index (χ1v) is 6.74. The van der Waals surface area contributed by atoms with Gasteiger partial charge < -0.3 is 14.8 Å². The Hall–Kier alpha value is -1.30. The lowest BCUT2D eigenvalue weighted by Gasteiger charge is -2.13. The predicted molar refractivity (Wildman–Crippen MR) is 75.4 cm³/mol. The molecule has 0 spiro atoms. The minimum atomic E-state index is -0.596. The summed E-state index contributed by atoms with van der Waals surface area (Å²) in [6.45, 7) is 0.935. The van der Waals surface area contributed by atoms with Crippen LogP contribution in [0.3, 0.4) is 0 Å². The van der Waals surface area contributed by atoms with Crippen LogP contribution in [0.5, 0.6) is 0 Å². The molecule has 0 saturated carbocycles. The number of amides is 1. The Morgan fingerprint density at radius 2 is 2.05 bits per heavy atom. The molecule has 1 N–H and O–H groups in total. The van der Waals surface area contributed by atoms with Crippen molar-refractivity contribution in [2.24, 2.45) is 5.92 Å².